The molecule has 4 nitrogen and oxygen atoms in total. The Bertz CT molecular complexity index is 577. The summed E-state index contributed by atoms with van der Waals surface area (Å²) in [6.07, 6.45) is 0.955. The van der Waals surface area contributed by atoms with Crippen LogP contribution in [-0.2, 0) is 26.1 Å². The summed E-state index contributed by atoms with van der Waals surface area (Å²) in [5.74, 6) is 1.07. The van der Waals surface area contributed by atoms with Gasteiger partial charge in [0.05, 0.1) is 0 Å². The van der Waals surface area contributed by atoms with Crippen molar-refractivity contribution in [3.8, 4) is 0 Å². The summed E-state index contributed by atoms with van der Waals surface area (Å²) in [7, 11) is 0. The lowest BCUT2D eigenvalue weighted by molar-refractivity contribution is 0.228. The van der Waals surface area contributed by atoms with Crippen molar-refractivity contribution in [2.75, 3.05) is 6.54 Å². The lowest BCUT2D eigenvalue weighted by atomic mass is 10.0. The van der Waals surface area contributed by atoms with E-state index in [9.17, 15) is 0 Å². The second-order valence-electron chi connectivity index (χ2n) is 6.01. The molecule has 0 atom stereocenters. The average molecular weight is 285 g/mol. The zero-order chi connectivity index (χ0) is 14.7. The minimum absolute atomic E-state index is 0.460. The van der Waals surface area contributed by atoms with Crippen LogP contribution < -0.4 is 5.32 Å². The Hall–Kier alpha value is -1.65. The molecule has 1 aromatic heterocycles. The van der Waals surface area contributed by atoms with Gasteiger partial charge in [0.15, 0.2) is 0 Å². The smallest absolute Gasteiger partial charge is 0.142 e. The minimum atomic E-state index is 0.460. The second kappa shape index (κ2) is 6.41. The fourth-order valence-corrected chi connectivity index (χ4v) is 2.74. The lowest BCUT2D eigenvalue weighted by Crippen LogP contribution is -2.30. The van der Waals surface area contributed by atoms with Gasteiger partial charge in [-0.25, -0.2) is 0 Å². The molecule has 0 unspecified atom stereocenters. The highest BCUT2D eigenvalue weighted by Gasteiger charge is 2.23. The van der Waals surface area contributed by atoms with E-state index >= 15 is 0 Å². The Kier molecular flexibility index (Phi) is 4.36. The van der Waals surface area contributed by atoms with E-state index in [1.165, 1.54) is 11.1 Å². The molecule has 1 N–H and O–H groups in total. The lowest BCUT2D eigenvalue weighted by Gasteiger charge is -2.26. The molecule has 0 aliphatic carbocycles. The van der Waals surface area contributed by atoms with Crippen molar-refractivity contribution in [1.29, 1.82) is 0 Å². The zero-order valence-electron chi connectivity index (χ0n) is 12.8. The van der Waals surface area contributed by atoms with Crippen molar-refractivity contribution >= 4 is 0 Å². The molecule has 0 saturated heterocycles. The van der Waals surface area contributed by atoms with Crippen molar-refractivity contribution in [1.82, 2.24) is 15.4 Å². The Morgan fingerprint density at radius 3 is 2.86 bits per heavy atom. The number of fused-ring (bicyclic) bond motifs is 1. The Morgan fingerprint density at radius 2 is 2.10 bits per heavy atom. The van der Waals surface area contributed by atoms with Gasteiger partial charge in [-0.1, -0.05) is 49.3 Å². The number of hydrogen-bond acceptors (Lipinski definition) is 4. The fourth-order valence-electron chi connectivity index (χ4n) is 2.74. The summed E-state index contributed by atoms with van der Waals surface area (Å²) in [6, 6.07) is 11.1. The third kappa shape index (κ3) is 3.52. The normalized spacial score (nSPS) is 15.4. The summed E-state index contributed by atoms with van der Waals surface area (Å²) >= 11 is 0. The highest BCUT2D eigenvalue weighted by atomic mass is 16.5. The highest BCUT2D eigenvalue weighted by Crippen LogP contribution is 2.23. The quantitative estimate of drug-likeness (QED) is 0.917. The molecule has 1 aromatic carbocycles. The molecule has 0 bridgehead atoms. The SMILES string of the molecule is CC(C)NCc1noc2c1CN(Cc1ccccc1)CC2. The van der Waals surface area contributed by atoms with Gasteiger partial charge in [-0.2, -0.15) is 0 Å². The van der Waals surface area contributed by atoms with Crippen molar-refractivity contribution in [2.24, 2.45) is 0 Å². The van der Waals surface area contributed by atoms with Gasteiger partial charge in [-0.3, -0.25) is 4.90 Å². The third-order valence-electron chi connectivity index (χ3n) is 3.91. The van der Waals surface area contributed by atoms with Gasteiger partial charge in [-0.15, -0.1) is 0 Å². The van der Waals surface area contributed by atoms with Crippen LogP contribution in [0.4, 0.5) is 0 Å². The van der Waals surface area contributed by atoms with Crippen LogP contribution in [0.2, 0.25) is 0 Å². The van der Waals surface area contributed by atoms with Crippen LogP contribution in [0.5, 0.6) is 0 Å². The summed E-state index contributed by atoms with van der Waals surface area (Å²) in [6.45, 7) is 8.04. The van der Waals surface area contributed by atoms with E-state index < -0.39 is 0 Å². The van der Waals surface area contributed by atoms with Gasteiger partial charge in [0, 0.05) is 44.2 Å². The Labute approximate surface area is 126 Å². The number of nitrogens with one attached hydrogen (secondary N) is 1. The average Bonchev–Trinajstić information content (AvgIpc) is 2.88. The molecule has 1 aliphatic heterocycles. The predicted molar refractivity (Wildman–Crippen MR) is 82.7 cm³/mol. The largest absolute Gasteiger partial charge is 0.361 e. The van der Waals surface area contributed by atoms with Gasteiger partial charge < -0.3 is 9.84 Å². The zero-order valence-corrected chi connectivity index (χ0v) is 12.8. The number of rotatable bonds is 5. The van der Waals surface area contributed by atoms with Crippen LogP contribution in [0.3, 0.4) is 0 Å². The van der Waals surface area contributed by atoms with E-state index in [2.05, 4.69) is 59.6 Å². The van der Waals surface area contributed by atoms with Gasteiger partial charge in [-0.05, 0) is 5.56 Å². The monoisotopic (exact) mass is 285 g/mol. The van der Waals surface area contributed by atoms with E-state index in [1.54, 1.807) is 0 Å². The van der Waals surface area contributed by atoms with Gasteiger partial charge in [0.2, 0.25) is 0 Å². The van der Waals surface area contributed by atoms with Crippen molar-refractivity contribution < 1.29 is 4.52 Å². The summed E-state index contributed by atoms with van der Waals surface area (Å²) < 4.78 is 5.50. The first-order valence-corrected chi connectivity index (χ1v) is 7.68. The molecule has 0 spiro atoms. The van der Waals surface area contributed by atoms with E-state index in [1.807, 2.05) is 0 Å². The molecule has 2 heterocycles. The van der Waals surface area contributed by atoms with E-state index in [0.717, 1.165) is 44.1 Å². The topological polar surface area (TPSA) is 41.3 Å². The molecule has 2 aromatic rings. The molecular weight excluding hydrogens is 262 g/mol. The van der Waals surface area contributed by atoms with E-state index in [4.69, 9.17) is 4.52 Å². The summed E-state index contributed by atoms with van der Waals surface area (Å²) in [4.78, 5) is 2.47. The van der Waals surface area contributed by atoms with Crippen molar-refractivity contribution in [2.45, 2.75) is 45.9 Å². The number of aromatic nitrogens is 1. The molecule has 0 amide bonds. The number of benzene rings is 1. The Morgan fingerprint density at radius 1 is 1.29 bits per heavy atom. The maximum absolute atomic E-state index is 5.50. The van der Waals surface area contributed by atoms with Gasteiger partial charge in [0.1, 0.15) is 11.5 Å². The standard InChI is InChI=1S/C17H23N3O/c1-13(2)18-10-16-15-12-20(9-8-17(15)21-19-16)11-14-6-4-3-5-7-14/h3-7,13,18H,8-12H2,1-2H3. The highest BCUT2D eigenvalue weighted by molar-refractivity contribution is 5.26. The third-order valence-corrected chi connectivity index (χ3v) is 3.91. The molecule has 0 radical (unpaired) electrons. The van der Waals surface area contributed by atoms with Crippen LogP contribution in [-0.4, -0.2) is 22.6 Å². The van der Waals surface area contributed by atoms with Crippen LogP contribution in [0.15, 0.2) is 34.9 Å². The molecule has 0 fully saturated rings. The van der Waals surface area contributed by atoms with Gasteiger partial charge >= 0.3 is 0 Å². The minimum Gasteiger partial charge on any atom is -0.361 e. The molecule has 4 heteroatoms. The van der Waals surface area contributed by atoms with Crippen LogP contribution in [0, 0.1) is 0 Å². The molecule has 3 rings (SSSR count). The molecule has 112 valence electrons. The first kappa shape index (κ1) is 14.3. The number of hydrogen-bond donors (Lipinski definition) is 1. The predicted octanol–water partition coefficient (Wildman–Crippen LogP) is 2.73. The number of nitrogens with zero attached hydrogens (tertiary/aromatic N) is 2. The van der Waals surface area contributed by atoms with Crippen LogP contribution >= 0.6 is 0 Å². The molecule has 1 aliphatic rings. The van der Waals surface area contributed by atoms with E-state index in [-0.39, 0.29) is 0 Å². The van der Waals surface area contributed by atoms with Crippen LogP contribution in [0.1, 0.15) is 36.4 Å². The molecular formula is C17H23N3O. The first-order chi connectivity index (χ1) is 10.2. The summed E-state index contributed by atoms with van der Waals surface area (Å²) in [5.41, 5.74) is 3.71. The molecule has 21 heavy (non-hydrogen) atoms. The maximum Gasteiger partial charge on any atom is 0.142 e. The molecule has 0 saturated carbocycles. The van der Waals surface area contributed by atoms with E-state index in [0.29, 0.717) is 6.04 Å². The van der Waals surface area contributed by atoms with Crippen molar-refractivity contribution in [3.05, 3.63) is 52.9 Å². The van der Waals surface area contributed by atoms with Gasteiger partial charge in [0.25, 0.3) is 0 Å². The summed E-state index contributed by atoms with van der Waals surface area (Å²) in [5, 5.41) is 7.67. The Balaban J connectivity index is 1.67. The first-order valence-electron chi connectivity index (χ1n) is 7.68. The van der Waals surface area contributed by atoms with Crippen LogP contribution in [0.25, 0.3) is 0 Å². The maximum atomic E-state index is 5.50. The van der Waals surface area contributed by atoms with Crippen molar-refractivity contribution in [3.63, 3.8) is 0 Å². The fraction of sp³-hybridized carbons (Fsp3) is 0.471. The second-order valence-corrected chi connectivity index (χ2v) is 6.01.